The molecule has 0 spiro atoms. The molecule has 1 aromatic heterocycles. The zero-order valence-corrected chi connectivity index (χ0v) is 15.4. The molecule has 0 saturated carbocycles. The van der Waals surface area contributed by atoms with Crippen molar-refractivity contribution in [3.05, 3.63) is 11.1 Å². The molecule has 0 aliphatic carbocycles. The Hall–Kier alpha value is -1.54. The maximum atomic E-state index is 12.4. The molecule has 23 heavy (non-hydrogen) atoms. The minimum Gasteiger partial charge on any atom is -0.363 e. The van der Waals surface area contributed by atoms with Crippen molar-refractivity contribution < 1.29 is 4.79 Å². The number of carbonyl (C=O) groups excluding carboxylic acids is 1. The number of hydrogen-bond acceptors (Lipinski definition) is 4. The molecule has 0 unspecified atom stereocenters. The number of nitrogens with zero attached hydrogens (tertiary/aromatic N) is 2. The van der Waals surface area contributed by atoms with Gasteiger partial charge in [0, 0.05) is 24.6 Å². The topological polar surface area (TPSA) is 56.1 Å². The third-order valence-corrected chi connectivity index (χ3v) is 5.63. The predicted octanol–water partition coefficient (Wildman–Crippen LogP) is 4.40. The number of nitriles is 1. The smallest absolute Gasteiger partial charge is 0.228 e. The Morgan fingerprint density at radius 1 is 1.39 bits per heavy atom. The quantitative estimate of drug-likeness (QED) is 0.839. The van der Waals surface area contributed by atoms with Crippen molar-refractivity contribution in [2.75, 3.05) is 23.3 Å². The molecule has 2 heterocycles. The lowest BCUT2D eigenvalue weighted by Gasteiger charge is -2.30. The van der Waals surface area contributed by atoms with Gasteiger partial charge in [-0.05, 0) is 31.6 Å². The van der Waals surface area contributed by atoms with Crippen LogP contribution in [0.1, 0.15) is 58.1 Å². The molecule has 5 heteroatoms. The highest BCUT2D eigenvalue weighted by molar-refractivity contribution is 7.20. The third-order valence-electron chi connectivity index (χ3n) is 4.42. The highest BCUT2D eigenvalue weighted by atomic mass is 32.1. The van der Waals surface area contributed by atoms with E-state index in [1.807, 2.05) is 13.8 Å². The van der Waals surface area contributed by atoms with Gasteiger partial charge in [-0.15, -0.1) is 0 Å². The Kier molecular flexibility index (Phi) is 6.06. The fourth-order valence-corrected chi connectivity index (χ4v) is 4.42. The Morgan fingerprint density at radius 3 is 2.65 bits per heavy atom. The first-order valence-electron chi connectivity index (χ1n) is 8.63. The first-order chi connectivity index (χ1) is 11.0. The highest BCUT2D eigenvalue weighted by Gasteiger charge is 2.27. The maximum Gasteiger partial charge on any atom is 0.228 e. The van der Waals surface area contributed by atoms with Gasteiger partial charge in [0.15, 0.2) is 0 Å². The number of hydrogen-bond donors (Lipinski definition) is 1. The van der Waals surface area contributed by atoms with Crippen LogP contribution in [0.4, 0.5) is 10.0 Å². The molecular weight excluding hydrogens is 306 g/mol. The van der Waals surface area contributed by atoms with E-state index in [2.05, 4.69) is 30.1 Å². The lowest BCUT2D eigenvalue weighted by atomic mass is 10.0. The van der Waals surface area contributed by atoms with Gasteiger partial charge in [-0.1, -0.05) is 39.0 Å². The largest absolute Gasteiger partial charge is 0.363 e. The average molecular weight is 334 g/mol. The van der Waals surface area contributed by atoms with Crippen molar-refractivity contribution >= 4 is 27.2 Å². The average Bonchev–Trinajstić information content (AvgIpc) is 2.86. The Morgan fingerprint density at radius 2 is 2.09 bits per heavy atom. The molecule has 1 amide bonds. The lowest BCUT2D eigenvalue weighted by molar-refractivity contribution is -0.120. The molecule has 2 rings (SSSR count). The van der Waals surface area contributed by atoms with Crippen LogP contribution in [-0.4, -0.2) is 19.0 Å². The van der Waals surface area contributed by atoms with Crippen molar-refractivity contribution in [3.8, 4) is 6.07 Å². The van der Waals surface area contributed by atoms with E-state index >= 15 is 0 Å². The van der Waals surface area contributed by atoms with Crippen molar-refractivity contribution in [2.24, 2.45) is 11.8 Å². The van der Waals surface area contributed by atoms with Crippen LogP contribution in [0.2, 0.25) is 0 Å². The molecule has 1 aliphatic heterocycles. The van der Waals surface area contributed by atoms with Crippen LogP contribution in [0.25, 0.3) is 0 Å². The third kappa shape index (κ3) is 3.87. The maximum absolute atomic E-state index is 12.4. The van der Waals surface area contributed by atoms with E-state index in [-0.39, 0.29) is 11.8 Å². The molecule has 1 aromatic rings. The minimum absolute atomic E-state index is 0.0208. The van der Waals surface area contributed by atoms with Gasteiger partial charge in [-0.3, -0.25) is 4.79 Å². The lowest BCUT2D eigenvalue weighted by Crippen LogP contribution is -2.31. The van der Waals surface area contributed by atoms with Crippen molar-refractivity contribution in [2.45, 2.75) is 53.4 Å². The summed E-state index contributed by atoms with van der Waals surface area (Å²) in [5.41, 5.74) is 1.81. The van der Waals surface area contributed by atoms with E-state index in [9.17, 15) is 10.1 Å². The van der Waals surface area contributed by atoms with Gasteiger partial charge in [0.05, 0.1) is 10.6 Å². The molecular formula is C18H27N3OS. The van der Waals surface area contributed by atoms with Crippen molar-refractivity contribution in [1.82, 2.24) is 0 Å². The summed E-state index contributed by atoms with van der Waals surface area (Å²) < 4.78 is 0. The molecule has 126 valence electrons. The fourth-order valence-electron chi connectivity index (χ4n) is 3.18. The number of rotatable bonds is 6. The number of thiophene rings is 1. The predicted molar refractivity (Wildman–Crippen MR) is 97.1 cm³/mol. The van der Waals surface area contributed by atoms with Gasteiger partial charge in [0.1, 0.15) is 11.1 Å². The van der Waals surface area contributed by atoms with E-state index in [4.69, 9.17) is 0 Å². The second-order valence-electron chi connectivity index (χ2n) is 6.65. The molecule has 0 bridgehead atoms. The van der Waals surface area contributed by atoms with E-state index in [1.165, 1.54) is 5.00 Å². The standard InChI is InChI=1S/C18H27N3OS/c1-5-13(6-2)16(22)20-17-15(10-19)14-8-7-9-21(11-12(3)4)18(14)23-17/h12-13H,5-9,11H2,1-4H3,(H,20,22). The SMILES string of the molecule is CCC(CC)C(=O)Nc1sc2c(c1C#N)CCCN2CC(C)C. The van der Waals surface area contributed by atoms with Crippen molar-refractivity contribution in [1.29, 1.82) is 5.26 Å². The van der Waals surface area contributed by atoms with E-state index < -0.39 is 0 Å². The van der Waals surface area contributed by atoms with Crippen LogP contribution < -0.4 is 10.2 Å². The summed E-state index contributed by atoms with van der Waals surface area (Å²) in [6, 6.07) is 2.33. The van der Waals surface area contributed by atoms with E-state index in [0.29, 0.717) is 11.5 Å². The summed E-state index contributed by atoms with van der Waals surface area (Å²) in [5.74, 6) is 0.643. The van der Waals surface area contributed by atoms with Gasteiger partial charge < -0.3 is 10.2 Å². The molecule has 4 nitrogen and oxygen atoms in total. The molecule has 1 N–H and O–H groups in total. The number of carbonyl (C=O) groups is 1. The molecule has 0 aromatic carbocycles. The van der Waals surface area contributed by atoms with Gasteiger partial charge >= 0.3 is 0 Å². The Bertz CT molecular complexity index is 596. The molecule has 0 radical (unpaired) electrons. The molecule has 0 atom stereocenters. The minimum atomic E-state index is 0.0208. The fraction of sp³-hybridized carbons (Fsp3) is 0.667. The van der Waals surface area contributed by atoms with Crippen LogP contribution in [-0.2, 0) is 11.2 Å². The number of nitrogens with one attached hydrogen (secondary N) is 1. The molecule has 0 saturated heterocycles. The normalized spacial score (nSPS) is 14.0. The summed E-state index contributed by atoms with van der Waals surface area (Å²) in [7, 11) is 0. The monoisotopic (exact) mass is 333 g/mol. The van der Waals surface area contributed by atoms with Crippen molar-refractivity contribution in [3.63, 3.8) is 0 Å². The summed E-state index contributed by atoms with van der Waals surface area (Å²) in [6.07, 6.45) is 3.67. The first-order valence-corrected chi connectivity index (χ1v) is 9.44. The second kappa shape index (κ2) is 7.83. The van der Waals surface area contributed by atoms with Gasteiger partial charge in [0.2, 0.25) is 5.91 Å². The molecule has 0 fully saturated rings. The summed E-state index contributed by atoms with van der Waals surface area (Å²) in [4.78, 5) is 14.8. The zero-order valence-electron chi connectivity index (χ0n) is 14.6. The van der Waals surface area contributed by atoms with Crippen LogP contribution in [0, 0.1) is 23.2 Å². The zero-order chi connectivity index (χ0) is 17.0. The Labute approximate surface area is 143 Å². The second-order valence-corrected chi connectivity index (χ2v) is 7.65. The van der Waals surface area contributed by atoms with Gasteiger partial charge in [-0.25, -0.2) is 0 Å². The molecule has 1 aliphatic rings. The van der Waals surface area contributed by atoms with E-state index in [0.717, 1.165) is 49.3 Å². The summed E-state index contributed by atoms with van der Waals surface area (Å²) in [6.45, 7) is 10.5. The number of amides is 1. The Balaban J connectivity index is 2.30. The van der Waals surface area contributed by atoms with Crippen LogP contribution in [0.5, 0.6) is 0 Å². The highest BCUT2D eigenvalue weighted by Crippen LogP contribution is 2.43. The summed E-state index contributed by atoms with van der Waals surface area (Å²) >= 11 is 1.57. The van der Waals surface area contributed by atoms with E-state index in [1.54, 1.807) is 11.3 Å². The van der Waals surface area contributed by atoms with Crippen LogP contribution in [0.3, 0.4) is 0 Å². The summed E-state index contributed by atoms with van der Waals surface area (Å²) in [5, 5.41) is 14.5. The van der Waals surface area contributed by atoms with Crippen LogP contribution in [0.15, 0.2) is 0 Å². The van der Waals surface area contributed by atoms with Gasteiger partial charge in [0.25, 0.3) is 0 Å². The van der Waals surface area contributed by atoms with Gasteiger partial charge in [-0.2, -0.15) is 5.26 Å². The number of fused-ring (bicyclic) bond motifs is 1. The first kappa shape index (κ1) is 17.8. The number of anilines is 2. The van der Waals surface area contributed by atoms with Crippen LogP contribution >= 0.6 is 11.3 Å².